The van der Waals surface area contributed by atoms with Crippen LogP contribution in [0.15, 0.2) is 0 Å². The number of rotatable bonds is 6. The fraction of sp³-hybridized carbons (Fsp3) is 0.545. The van der Waals surface area contributed by atoms with E-state index in [4.69, 9.17) is 0 Å². The summed E-state index contributed by atoms with van der Waals surface area (Å²) < 4.78 is 10.3. The van der Waals surface area contributed by atoms with Gasteiger partial charge in [-0.15, -0.1) is 5.10 Å². The van der Waals surface area contributed by atoms with Crippen molar-refractivity contribution in [1.82, 2.24) is 20.3 Å². The van der Waals surface area contributed by atoms with Gasteiger partial charge in [-0.05, 0) is 6.92 Å². The minimum Gasteiger partial charge on any atom is -0.469 e. The molecule has 0 saturated heterocycles. The largest absolute Gasteiger partial charge is 0.469 e. The topological polar surface area (TPSA) is 112 Å². The molecule has 0 spiro atoms. The van der Waals surface area contributed by atoms with Crippen molar-refractivity contribution in [2.75, 3.05) is 20.8 Å². The van der Waals surface area contributed by atoms with Crippen LogP contribution in [0.25, 0.3) is 0 Å². The van der Waals surface area contributed by atoms with Crippen LogP contribution < -0.4 is 5.32 Å². The molecule has 1 amide bonds. The highest BCUT2D eigenvalue weighted by Gasteiger charge is 2.23. The summed E-state index contributed by atoms with van der Waals surface area (Å²) in [6.07, 6.45) is -0.229. The Morgan fingerprint density at radius 2 is 1.95 bits per heavy atom. The van der Waals surface area contributed by atoms with E-state index in [1.54, 1.807) is 6.92 Å². The molecule has 0 unspecified atom stereocenters. The monoisotopic (exact) mass is 284 g/mol. The predicted octanol–water partition coefficient (Wildman–Crippen LogP) is -1.08. The normalized spacial score (nSPS) is 9.95. The van der Waals surface area contributed by atoms with Crippen molar-refractivity contribution in [3.63, 3.8) is 0 Å². The van der Waals surface area contributed by atoms with E-state index in [1.807, 2.05) is 0 Å². The van der Waals surface area contributed by atoms with E-state index >= 15 is 0 Å². The molecule has 0 atom stereocenters. The average Bonchev–Trinajstić information content (AvgIpc) is 2.81. The van der Waals surface area contributed by atoms with E-state index in [9.17, 15) is 14.4 Å². The van der Waals surface area contributed by atoms with Gasteiger partial charge in [0, 0.05) is 6.54 Å². The summed E-state index contributed by atoms with van der Waals surface area (Å²) in [5.41, 5.74) is 0.0668. The summed E-state index contributed by atoms with van der Waals surface area (Å²) in [5, 5.41) is 9.91. The molecule has 0 aliphatic rings. The Kier molecular flexibility index (Phi) is 5.63. The Hall–Kier alpha value is -2.45. The van der Waals surface area contributed by atoms with Crippen LogP contribution in [0.2, 0.25) is 0 Å². The van der Waals surface area contributed by atoms with Gasteiger partial charge in [0.25, 0.3) is 0 Å². The molecule has 1 N–H and O–H groups in total. The summed E-state index contributed by atoms with van der Waals surface area (Å²) in [6, 6.07) is 0. The number of nitrogens with one attached hydrogen (secondary N) is 1. The maximum absolute atomic E-state index is 11.5. The minimum atomic E-state index is -0.731. The Labute approximate surface area is 115 Å². The molecule has 1 aromatic rings. The standard InChI is InChI=1S/C11H16N4O5/c1-4-12-8(16)6-15-7(5-9(17)19-2)10(13-14-15)11(18)20-3/h4-6H2,1-3H3,(H,12,16). The van der Waals surface area contributed by atoms with Crippen molar-refractivity contribution >= 4 is 17.8 Å². The van der Waals surface area contributed by atoms with Gasteiger partial charge in [-0.2, -0.15) is 0 Å². The van der Waals surface area contributed by atoms with E-state index in [0.29, 0.717) is 6.54 Å². The van der Waals surface area contributed by atoms with Crippen LogP contribution in [0.5, 0.6) is 0 Å². The summed E-state index contributed by atoms with van der Waals surface area (Å²) in [6.45, 7) is 2.09. The molecule has 1 aromatic heterocycles. The predicted molar refractivity (Wildman–Crippen MR) is 65.8 cm³/mol. The SMILES string of the molecule is CCNC(=O)Cn1nnc(C(=O)OC)c1CC(=O)OC. The third-order valence-corrected chi connectivity index (χ3v) is 2.42. The summed E-state index contributed by atoms with van der Waals surface area (Å²) in [5.74, 6) is -1.61. The van der Waals surface area contributed by atoms with Gasteiger partial charge in [0.1, 0.15) is 6.54 Å². The van der Waals surface area contributed by atoms with Crippen LogP contribution >= 0.6 is 0 Å². The van der Waals surface area contributed by atoms with Gasteiger partial charge in [0.2, 0.25) is 5.91 Å². The molecule has 9 heteroatoms. The lowest BCUT2D eigenvalue weighted by Gasteiger charge is -2.06. The van der Waals surface area contributed by atoms with E-state index in [1.165, 1.54) is 18.9 Å². The van der Waals surface area contributed by atoms with Gasteiger partial charge in [-0.25, -0.2) is 9.48 Å². The fourth-order valence-corrected chi connectivity index (χ4v) is 1.49. The molecule has 0 aliphatic carbocycles. The average molecular weight is 284 g/mol. The molecule has 1 heterocycles. The van der Waals surface area contributed by atoms with Crippen molar-refractivity contribution in [1.29, 1.82) is 0 Å². The summed E-state index contributed by atoms with van der Waals surface area (Å²) in [4.78, 5) is 34.4. The number of ether oxygens (including phenoxy) is 2. The molecular weight excluding hydrogens is 268 g/mol. The second-order valence-corrected chi connectivity index (χ2v) is 3.74. The molecular formula is C11H16N4O5. The van der Waals surface area contributed by atoms with Crippen LogP contribution in [0, 0.1) is 0 Å². The number of hydrogen-bond donors (Lipinski definition) is 1. The second-order valence-electron chi connectivity index (χ2n) is 3.74. The van der Waals surface area contributed by atoms with Crippen molar-refractivity contribution in [3.05, 3.63) is 11.4 Å². The van der Waals surface area contributed by atoms with Gasteiger partial charge < -0.3 is 14.8 Å². The van der Waals surface area contributed by atoms with E-state index in [-0.39, 0.29) is 30.3 Å². The first kappa shape index (κ1) is 15.6. The Bertz CT molecular complexity index is 511. The first-order valence-electron chi connectivity index (χ1n) is 5.87. The molecule has 0 bridgehead atoms. The van der Waals surface area contributed by atoms with Crippen molar-refractivity contribution < 1.29 is 23.9 Å². The zero-order chi connectivity index (χ0) is 15.1. The molecule has 0 radical (unpaired) electrons. The Morgan fingerprint density at radius 1 is 1.25 bits per heavy atom. The number of nitrogens with zero attached hydrogens (tertiary/aromatic N) is 3. The van der Waals surface area contributed by atoms with Gasteiger partial charge in [-0.1, -0.05) is 5.21 Å². The van der Waals surface area contributed by atoms with Crippen molar-refractivity contribution in [2.45, 2.75) is 19.9 Å². The molecule has 9 nitrogen and oxygen atoms in total. The zero-order valence-corrected chi connectivity index (χ0v) is 11.5. The molecule has 20 heavy (non-hydrogen) atoms. The number of carbonyl (C=O) groups excluding carboxylic acids is 3. The second kappa shape index (κ2) is 7.22. The van der Waals surface area contributed by atoms with Gasteiger partial charge >= 0.3 is 11.9 Å². The van der Waals surface area contributed by atoms with Gasteiger partial charge in [0.05, 0.1) is 26.3 Å². The highest BCUT2D eigenvalue weighted by atomic mass is 16.5. The summed E-state index contributed by atoms with van der Waals surface area (Å²) in [7, 11) is 2.41. The first-order chi connectivity index (χ1) is 9.53. The lowest BCUT2D eigenvalue weighted by atomic mass is 10.2. The smallest absolute Gasteiger partial charge is 0.360 e. The maximum Gasteiger partial charge on any atom is 0.360 e. The number of methoxy groups -OCH3 is 2. The van der Waals surface area contributed by atoms with Crippen LogP contribution in [0.1, 0.15) is 23.1 Å². The lowest BCUT2D eigenvalue weighted by molar-refractivity contribution is -0.140. The molecule has 0 saturated carbocycles. The number of carbonyl (C=O) groups is 3. The number of hydrogen-bond acceptors (Lipinski definition) is 7. The number of esters is 2. The lowest BCUT2D eigenvalue weighted by Crippen LogP contribution is -2.29. The van der Waals surface area contributed by atoms with Crippen molar-refractivity contribution in [2.24, 2.45) is 0 Å². The maximum atomic E-state index is 11.5. The van der Waals surface area contributed by atoms with Crippen LogP contribution in [0.3, 0.4) is 0 Å². The first-order valence-corrected chi connectivity index (χ1v) is 5.87. The molecule has 0 fully saturated rings. The van der Waals surface area contributed by atoms with E-state index in [0.717, 1.165) is 0 Å². The highest BCUT2D eigenvalue weighted by molar-refractivity contribution is 5.90. The Morgan fingerprint density at radius 3 is 2.50 bits per heavy atom. The molecule has 0 aliphatic heterocycles. The third kappa shape index (κ3) is 3.77. The van der Waals surface area contributed by atoms with E-state index in [2.05, 4.69) is 25.1 Å². The number of amides is 1. The minimum absolute atomic E-state index is 0.109. The Balaban J connectivity index is 3.04. The third-order valence-electron chi connectivity index (χ3n) is 2.42. The van der Waals surface area contributed by atoms with Gasteiger partial charge in [0.15, 0.2) is 5.69 Å². The fourth-order valence-electron chi connectivity index (χ4n) is 1.49. The summed E-state index contributed by atoms with van der Waals surface area (Å²) >= 11 is 0. The number of aromatic nitrogens is 3. The number of likely N-dealkylation sites (N-methyl/N-ethyl adjacent to an activating group) is 1. The molecule has 1 rings (SSSR count). The van der Waals surface area contributed by atoms with Gasteiger partial charge in [-0.3, -0.25) is 9.59 Å². The van der Waals surface area contributed by atoms with Crippen LogP contribution in [-0.4, -0.2) is 53.6 Å². The zero-order valence-electron chi connectivity index (χ0n) is 11.5. The van der Waals surface area contributed by atoms with E-state index < -0.39 is 11.9 Å². The van der Waals surface area contributed by atoms with Crippen molar-refractivity contribution in [3.8, 4) is 0 Å². The quantitative estimate of drug-likeness (QED) is 0.661. The molecule has 110 valence electrons. The molecule has 0 aromatic carbocycles. The van der Waals surface area contributed by atoms with Crippen LogP contribution in [0.4, 0.5) is 0 Å². The highest BCUT2D eigenvalue weighted by Crippen LogP contribution is 2.09. The van der Waals surface area contributed by atoms with Crippen LogP contribution in [-0.2, 0) is 32.0 Å².